The van der Waals surface area contributed by atoms with Crippen LogP contribution in [0.2, 0.25) is 0 Å². The van der Waals surface area contributed by atoms with Crippen LogP contribution in [0.25, 0.3) is 0 Å². The molecule has 0 aromatic heterocycles. The van der Waals surface area contributed by atoms with E-state index in [1.165, 1.54) is 24.8 Å². The highest BCUT2D eigenvalue weighted by Crippen LogP contribution is 2.38. The highest BCUT2D eigenvalue weighted by Gasteiger charge is 2.24. The molecule has 1 nitrogen and oxygen atoms in total. The normalized spacial score (nSPS) is 18.3. The van der Waals surface area contributed by atoms with Gasteiger partial charge in [-0.3, -0.25) is 4.79 Å². The Balaban J connectivity index is 2.11. The van der Waals surface area contributed by atoms with Gasteiger partial charge in [-0.2, -0.15) is 0 Å². The molecular formula is C14H18O. The zero-order chi connectivity index (χ0) is 10.8. The number of hydrogen-bond donors (Lipinski definition) is 0. The molecule has 0 bridgehead atoms. The molecular weight excluding hydrogens is 184 g/mol. The van der Waals surface area contributed by atoms with Crippen molar-refractivity contribution in [2.24, 2.45) is 5.92 Å². The Bertz CT molecular complexity index is 346. The van der Waals surface area contributed by atoms with Crippen molar-refractivity contribution in [3.63, 3.8) is 0 Å². The summed E-state index contributed by atoms with van der Waals surface area (Å²) in [6.07, 6.45) is 4.13. The van der Waals surface area contributed by atoms with Crippen LogP contribution < -0.4 is 0 Å². The average molecular weight is 202 g/mol. The minimum absolute atomic E-state index is 0.151. The van der Waals surface area contributed by atoms with Gasteiger partial charge in [0, 0.05) is 5.56 Å². The zero-order valence-corrected chi connectivity index (χ0v) is 9.49. The summed E-state index contributed by atoms with van der Waals surface area (Å²) in [5.41, 5.74) is 2.20. The fourth-order valence-corrected chi connectivity index (χ4v) is 2.23. The molecule has 0 radical (unpaired) electrons. The smallest absolute Gasteiger partial charge is 0.159 e. The number of benzene rings is 1. The molecule has 1 atom stereocenters. The second kappa shape index (κ2) is 4.18. The van der Waals surface area contributed by atoms with Crippen LogP contribution in [-0.2, 0) is 0 Å². The van der Waals surface area contributed by atoms with E-state index in [-0.39, 0.29) is 5.78 Å². The van der Waals surface area contributed by atoms with Gasteiger partial charge >= 0.3 is 0 Å². The molecule has 1 unspecified atom stereocenters. The predicted molar refractivity (Wildman–Crippen MR) is 62.2 cm³/mol. The Labute approximate surface area is 91.5 Å². The van der Waals surface area contributed by atoms with Gasteiger partial charge in [-0.15, -0.1) is 0 Å². The summed E-state index contributed by atoms with van der Waals surface area (Å²) < 4.78 is 0. The van der Waals surface area contributed by atoms with Gasteiger partial charge in [-0.25, -0.2) is 0 Å². The maximum atomic E-state index is 11.1. The summed E-state index contributed by atoms with van der Waals surface area (Å²) in [5.74, 6) is 1.67. The van der Waals surface area contributed by atoms with Crippen LogP contribution in [0.15, 0.2) is 24.3 Å². The molecule has 0 saturated heterocycles. The lowest BCUT2D eigenvalue weighted by Crippen LogP contribution is -2.18. The van der Waals surface area contributed by atoms with Gasteiger partial charge in [0.1, 0.15) is 0 Å². The van der Waals surface area contributed by atoms with Crippen molar-refractivity contribution < 1.29 is 4.79 Å². The van der Waals surface area contributed by atoms with Crippen molar-refractivity contribution >= 4 is 5.78 Å². The van der Waals surface area contributed by atoms with Gasteiger partial charge in [-0.05, 0) is 37.2 Å². The van der Waals surface area contributed by atoms with E-state index in [1.54, 1.807) is 6.92 Å². The first-order valence-corrected chi connectivity index (χ1v) is 5.79. The molecule has 1 saturated carbocycles. The summed E-state index contributed by atoms with van der Waals surface area (Å²) >= 11 is 0. The maximum absolute atomic E-state index is 11.1. The van der Waals surface area contributed by atoms with Crippen molar-refractivity contribution in [2.75, 3.05) is 0 Å². The van der Waals surface area contributed by atoms with Crippen molar-refractivity contribution in [2.45, 2.75) is 39.0 Å². The maximum Gasteiger partial charge on any atom is 0.159 e. The Kier molecular flexibility index (Phi) is 2.90. The quantitative estimate of drug-likeness (QED) is 0.681. The van der Waals surface area contributed by atoms with Gasteiger partial charge in [-0.1, -0.05) is 37.6 Å². The largest absolute Gasteiger partial charge is 0.295 e. The highest BCUT2D eigenvalue weighted by atomic mass is 16.1. The molecule has 0 amide bonds. The van der Waals surface area contributed by atoms with E-state index in [2.05, 4.69) is 19.1 Å². The molecule has 0 N–H and O–H groups in total. The first kappa shape index (κ1) is 10.4. The molecule has 1 aromatic rings. The van der Waals surface area contributed by atoms with E-state index < -0.39 is 0 Å². The molecule has 1 heteroatoms. The SMILES string of the molecule is CC(=O)c1ccc(C(C)C2CCC2)cc1. The Morgan fingerprint density at radius 2 is 1.87 bits per heavy atom. The molecule has 1 aromatic carbocycles. The van der Waals surface area contributed by atoms with Crippen LogP contribution in [0.3, 0.4) is 0 Å². The topological polar surface area (TPSA) is 17.1 Å². The number of carbonyl (C=O) groups is 1. The lowest BCUT2D eigenvalue weighted by molar-refractivity contribution is 0.101. The molecule has 0 aliphatic heterocycles. The van der Waals surface area contributed by atoms with Gasteiger partial charge in [0.05, 0.1) is 0 Å². The molecule has 0 spiro atoms. The second-order valence-corrected chi connectivity index (χ2v) is 4.66. The summed E-state index contributed by atoms with van der Waals surface area (Å²) in [4.78, 5) is 11.1. The Morgan fingerprint density at radius 3 is 2.27 bits per heavy atom. The van der Waals surface area contributed by atoms with Crippen LogP contribution in [0, 0.1) is 5.92 Å². The van der Waals surface area contributed by atoms with Gasteiger partial charge in [0.25, 0.3) is 0 Å². The number of rotatable bonds is 3. The van der Waals surface area contributed by atoms with Crippen LogP contribution in [0.4, 0.5) is 0 Å². The van der Waals surface area contributed by atoms with Gasteiger partial charge < -0.3 is 0 Å². The van der Waals surface area contributed by atoms with Crippen molar-refractivity contribution in [1.29, 1.82) is 0 Å². The molecule has 15 heavy (non-hydrogen) atoms. The zero-order valence-electron chi connectivity index (χ0n) is 9.49. The van der Waals surface area contributed by atoms with E-state index >= 15 is 0 Å². The minimum atomic E-state index is 0.151. The number of Topliss-reactive ketones (excluding diaryl/α,β-unsaturated/α-hetero) is 1. The van der Waals surface area contributed by atoms with Crippen molar-refractivity contribution in [3.8, 4) is 0 Å². The first-order valence-electron chi connectivity index (χ1n) is 5.79. The molecule has 1 aliphatic carbocycles. The van der Waals surface area contributed by atoms with Crippen LogP contribution in [0.5, 0.6) is 0 Å². The van der Waals surface area contributed by atoms with Gasteiger partial charge in [0.15, 0.2) is 5.78 Å². The summed E-state index contributed by atoms with van der Waals surface area (Å²) in [6, 6.07) is 8.12. The number of ketones is 1. The fraction of sp³-hybridized carbons (Fsp3) is 0.500. The summed E-state index contributed by atoms with van der Waals surface area (Å²) in [7, 11) is 0. The van der Waals surface area contributed by atoms with E-state index in [9.17, 15) is 4.79 Å². The molecule has 1 fully saturated rings. The van der Waals surface area contributed by atoms with Crippen LogP contribution >= 0.6 is 0 Å². The van der Waals surface area contributed by atoms with E-state index in [0.29, 0.717) is 5.92 Å². The minimum Gasteiger partial charge on any atom is -0.295 e. The lowest BCUT2D eigenvalue weighted by Gasteiger charge is -2.31. The first-order chi connectivity index (χ1) is 7.18. The Morgan fingerprint density at radius 1 is 1.27 bits per heavy atom. The van der Waals surface area contributed by atoms with Gasteiger partial charge in [0.2, 0.25) is 0 Å². The summed E-state index contributed by atoms with van der Waals surface area (Å²) in [6.45, 7) is 3.91. The predicted octanol–water partition coefficient (Wildman–Crippen LogP) is 3.79. The third-order valence-corrected chi connectivity index (χ3v) is 3.70. The third kappa shape index (κ3) is 2.11. The Hall–Kier alpha value is -1.11. The standard InChI is InChI=1S/C14H18O/c1-10(12-4-3-5-12)13-6-8-14(9-7-13)11(2)15/h6-10,12H,3-5H2,1-2H3. The number of carbonyl (C=O) groups excluding carboxylic acids is 1. The van der Waals surface area contributed by atoms with Crippen molar-refractivity contribution in [3.05, 3.63) is 35.4 Å². The molecule has 2 rings (SSSR count). The highest BCUT2D eigenvalue weighted by molar-refractivity contribution is 5.94. The van der Waals surface area contributed by atoms with Crippen LogP contribution in [0.1, 0.15) is 54.9 Å². The second-order valence-electron chi connectivity index (χ2n) is 4.66. The monoisotopic (exact) mass is 202 g/mol. The lowest BCUT2D eigenvalue weighted by atomic mass is 9.74. The van der Waals surface area contributed by atoms with Crippen LogP contribution in [-0.4, -0.2) is 5.78 Å². The third-order valence-electron chi connectivity index (χ3n) is 3.70. The van der Waals surface area contributed by atoms with Crippen molar-refractivity contribution in [1.82, 2.24) is 0 Å². The van der Waals surface area contributed by atoms with E-state index in [0.717, 1.165) is 11.5 Å². The number of hydrogen-bond acceptors (Lipinski definition) is 1. The van der Waals surface area contributed by atoms with E-state index in [1.807, 2.05) is 12.1 Å². The fourth-order valence-electron chi connectivity index (χ4n) is 2.23. The summed E-state index contributed by atoms with van der Waals surface area (Å²) in [5, 5.41) is 0. The average Bonchev–Trinajstić information content (AvgIpc) is 2.15. The molecule has 1 aliphatic rings. The molecule has 0 heterocycles. The van der Waals surface area contributed by atoms with E-state index in [4.69, 9.17) is 0 Å². The molecule has 80 valence electrons.